The number of carbonyl (C=O) groups excluding carboxylic acids is 2. The third-order valence-corrected chi connectivity index (χ3v) is 5.25. The van der Waals surface area contributed by atoms with E-state index in [-0.39, 0.29) is 47.0 Å². The predicted molar refractivity (Wildman–Crippen MR) is 98.0 cm³/mol. The molecule has 0 radical (unpaired) electrons. The van der Waals surface area contributed by atoms with Crippen molar-refractivity contribution in [2.75, 3.05) is 0 Å². The number of benzene rings is 2. The van der Waals surface area contributed by atoms with E-state index >= 15 is 0 Å². The van der Waals surface area contributed by atoms with E-state index in [1.54, 1.807) is 18.2 Å². The molecule has 0 amide bonds. The number of rotatable bonds is 6. The summed E-state index contributed by atoms with van der Waals surface area (Å²) in [6, 6.07) is 10.6. The second-order valence-electron chi connectivity index (χ2n) is 7.29. The molecule has 0 bridgehead atoms. The minimum absolute atomic E-state index is 0. The van der Waals surface area contributed by atoms with Crippen LogP contribution >= 0.6 is 0 Å². The number of ether oxygens (including phenoxy) is 1. The number of hydrogen-bond acceptors (Lipinski definition) is 4. The molecule has 2 atom stereocenters. The molecule has 3 rings (SSSR count). The Labute approximate surface area is 194 Å². The molecule has 0 heterocycles. The smallest absolute Gasteiger partial charge is 0.550 e. The fourth-order valence-corrected chi connectivity index (χ4v) is 3.71. The van der Waals surface area contributed by atoms with Crippen molar-refractivity contribution in [1.82, 2.24) is 0 Å². The first-order valence-corrected chi connectivity index (χ1v) is 9.36. The molecule has 4 nitrogen and oxygen atoms in total. The van der Waals surface area contributed by atoms with E-state index in [0.29, 0.717) is 29.5 Å². The van der Waals surface area contributed by atoms with Gasteiger partial charge in [-0.25, -0.2) is 0 Å². The number of alkyl halides is 3. The topological polar surface area (TPSA) is 66.4 Å². The fraction of sp³-hybridized carbons (Fsp3) is 0.364. The Hall–Kier alpha value is -1.83. The molecule has 1 aliphatic rings. The zero-order chi connectivity index (χ0) is 21.2. The molecule has 1 aliphatic carbocycles. The van der Waals surface area contributed by atoms with Crippen molar-refractivity contribution in [3.05, 3.63) is 53.6 Å². The summed E-state index contributed by atoms with van der Waals surface area (Å²) >= 11 is 0. The molecule has 0 aromatic heterocycles. The molecule has 0 saturated heterocycles. The Morgan fingerprint density at radius 1 is 1.20 bits per heavy atom. The monoisotopic (exact) mass is 428 g/mol. The summed E-state index contributed by atoms with van der Waals surface area (Å²) in [4.78, 5) is 23.4. The Balaban J connectivity index is 0.00000320. The molecular weight excluding hydrogens is 408 g/mol. The van der Waals surface area contributed by atoms with Crippen LogP contribution in [0.15, 0.2) is 42.5 Å². The number of Topliss-reactive ketones (excluding diaryl/α,β-unsaturated/α-hetero) is 1. The Morgan fingerprint density at radius 3 is 2.40 bits per heavy atom. The van der Waals surface area contributed by atoms with Crippen molar-refractivity contribution < 1.29 is 62.2 Å². The van der Waals surface area contributed by atoms with Gasteiger partial charge in [0.2, 0.25) is 0 Å². The molecular formula is C22H20F3NaO4. The molecule has 1 saturated carbocycles. The van der Waals surface area contributed by atoms with Crippen LogP contribution in [0.3, 0.4) is 0 Å². The molecule has 30 heavy (non-hydrogen) atoms. The number of aliphatic carboxylic acids is 1. The molecule has 1 fully saturated rings. The zero-order valence-electron chi connectivity index (χ0n) is 16.8. The summed E-state index contributed by atoms with van der Waals surface area (Å²) in [5.74, 6) is -2.33. The Morgan fingerprint density at radius 2 is 1.87 bits per heavy atom. The van der Waals surface area contributed by atoms with Crippen LogP contribution in [0.5, 0.6) is 5.75 Å². The van der Waals surface area contributed by atoms with Gasteiger partial charge in [0.25, 0.3) is 0 Å². The average molecular weight is 428 g/mol. The summed E-state index contributed by atoms with van der Waals surface area (Å²) < 4.78 is 41.0. The molecule has 0 spiro atoms. The van der Waals surface area contributed by atoms with Gasteiger partial charge >= 0.3 is 35.9 Å². The van der Waals surface area contributed by atoms with Crippen LogP contribution < -0.4 is 39.4 Å². The second kappa shape index (κ2) is 9.98. The van der Waals surface area contributed by atoms with Crippen LogP contribution in [0.1, 0.15) is 43.2 Å². The first-order valence-electron chi connectivity index (χ1n) is 9.36. The molecule has 0 N–H and O–H groups in total. The van der Waals surface area contributed by atoms with Gasteiger partial charge in [-0.3, -0.25) is 4.79 Å². The third-order valence-electron chi connectivity index (χ3n) is 5.25. The molecule has 2 aromatic carbocycles. The van der Waals surface area contributed by atoms with Gasteiger partial charge < -0.3 is 14.6 Å². The average Bonchev–Trinajstić information content (AvgIpc) is 3.05. The van der Waals surface area contributed by atoms with E-state index in [2.05, 4.69) is 4.74 Å². The first-order chi connectivity index (χ1) is 13.6. The number of carbonyl (C=O) groups is 2. The van der Waals surface area contributed by atoms with Crippen molar-refractivity contribution in [2.24, 2.45) is 5.92 Å². The third kappa shape index (κ3) is 6.09. The largest absolute Gasteiger partial charge is 1.00 e. The zero-order valence-corrected chi connectivity index (χ0v) is 18.8. The van der Waals surface area contributed by atoms with Crippen molar-refractivity contribution in [3.8, 4) is 16.9 Å². The normalized spacial score (nSPS) is 17.3. The molecule has 8 heteroatoms. The standard InChI is InChI=1S/C22H21F3O4.Na/c1-13(21(27)28)18-10-5-14(11-16-3-2-4-20(16)26)12-19(18)15-6-8-17(9-7-15)29-22(23,24)25;/h5-10,12-13,16H,2-4,11H2,1H3,(H,27,28);/q;+1/p-1. The number of hydrogen-bond donors (Lipinski definition) is 0. The summed E-state index contributed by atoms with van der Waals surface area (Å²) in [7, 11) is 0. The maximum Gasteiger partial charge on any atom is 1.00 e. The summed E-state index contributed by atoms with van der Waals surface area (Å²) in [5.41, 5.74) is 2.52. The van der Waals surface area contributed by atoms with Crippen molar-refractivity contribution in [3.63, 3.8) is 0 Å². The van der Waals surface area contributed by atoms with E-state index in [1.165, 1.54) is 31.2 Å². The molecule has 154 valence electrons. The van der Waals surface area contributed by atoms with Gasteiger partial charge in [-0.2, -0.15) is 0 Å². The minimum atomic E-state index is -4.79. The molecule has 2 aromatic rings. The minimum Gasteiger partial charge on any atom is -0.550 e. The molecule has 0 aliphatic heterocycles. The van der Waals surface area contributed by atoms with Gasteiger partial charge in [0.1, 0.15) is 11.5 Å². The van der Waals surface area contributed by atoms with Gasteiger partial charge in [-0.15, -0.1) is 13.2 Å². The number of carboxylic acids is 1. The maximum absolute atomic E-state index is 12.4. The van der Waals surface area contributed by atoms with Crippen LogP contribution in [-0.4, -0.2) is 18.1 Å². The van der Waals surface area contributed by atoms with Crippen LogP contribution in [0.4, 0.5) is 13.2 Å². The van der Waals surface area contributed by atoms with Crippen LogP contribution in [-0.2, 0) is 16.0 Å². The molecule has 2 unspecified atom stereocenters. The van der Waals surface area contributed by atoms with E-state index in [4.69, 9.17) is 0 Å². The summed E-state index contributed by atoms with van der Waals surface area (Å²) in [6.07, 6.45) is -1.95. The van der Waals surface area contributed by atoms with Crippen LogP contribution in [0.25, 0.3) is 11.1 Å². The van der Waals surface area contributed by atoms with Gasteiger partial charge in [-0.1, -0.05) is 37.3 Å². The summed E-state index contributed by atoms with van der Waals surface area (Å²) in [5, 5.41) is 11.4. The van der Waals surface area contributed by atoms with Crippen LogP contribution in [0, 0.1) is 5.92 Å². The van der Waals surface area contributed by atoms with Crippen molar-refractivity contribution in [1.29, 1.82) is 0 Å². The fourth-order valence-electron chi connectivity index (χ4n) is 3.71. The predicted octanol–water partition coefficient (Wildman–Crippen LogP) is 1.02. The van der Waals surface area contributed by atoms with E-state index in [1.807, 2.05) is 0 Å². The van der Waals surface area contributed by atoms with Gasteiger partial charge in [0, 0.05) is 24.2 Å². The second-order valence-corrected chi connectivity index (χ2v) is 7.29. The van der Waals surface area contributed by atoms with E-state index in [9.17, 15) is 27.9 Å². The van der Waals surface area contributed by atoms with Gasteiger partial charge in [-0.05, 0) is 53.6 Å². The Bertz CT molecular complexity index is 910. The van der Waals surface area contributed by atoms with Gasteiger partial charge in [0.15, 0.2) is 0 Å². The quantitative estimate of drug-likeness (QED) is 0.645. The van der Waals surface area contributed by atoms with Crippen molar-refractivity contribution in [2.45, 2.75) is 44.9 Å². The van der Waals surface area contributed by atoms with E-state index < -0.39 is 18.2 Å². The maximum atomic E-state index is 12.4. The Kier molecular flexibility index (Phi) is 8.13. The first kappa shape index (κ1) is 24.4. The number of carboxylic acid groups (broad SMARTS) is 1. The number of halogens is 3. The van der Waals surface area contributed by atoms with E-state index in [0.717, 1.165) is 18.4 Å². The van der Waals surface area contributed by atoms with Crippen LogP contribution in [0.2, 0.25) is 0 Å². The van der Waals surface area contributed by atoms with Gasteiger partial charge in [0.05, 0.1) is 0 Å². The SMILES string of the molecule is CC(C(=O)[O-])c1ccc(CC2CCCC2=O)cc1-c1ccc(OC(F)(F)F)cc1.[Na+]. The number of ketones is 1. The van der Waals surface area contributed by atoms with Crippen molar-refractivity contribution >= 4 is 11.8 Å². The summed E-state index contributed by atoms with van der Waals surface area (Å²) in [6.45, 7) is 1.50.